The van der Waals surface area contributed by atoms with Crippen molar-refractivity contribution in [2.24, 2.45) is 5.73 Å². The molecule has 31 heavy (non-hydrogen) atoms. The fourth-order valence-corrected chi connectivity index (χ4v) is 4.51. The molecule has 2 aromatic carbocycles. The van der Waals surface area contributed by atoms with Gasteiger partial charge in [0.25, 0.3) is 0 Å². The Morgan fingerprint density at radius 2 is 1.52 bits per heavy atom. The lowest BCUT2D eigenvalue weighted by molar-refractivity contribution is 0.415. The van der Waals surface area contributed by atoms with Gasteiger partial charge in [-0.05, 0) is 57.1 Å². The minimum Gasteiger partial charge on any atom is -0.326 e. The highest BCUT2D eigenvalue weighted by atomic mass is 32.2. The molecule has 0 aromatic heterocycles. The van der Waals surface area contributed by atoms with Gasteiger partial charge in [0.2, 0.25) is 0 Å². The Bertz CT molecular complexity index is 730. The molecule has 0 aliphatic carbocycles. The summed E-state index contributed by atoms with van der Waals surface area (Å²) in [4.78, 5) is 0.844. The van der Waals surface area contributed by atoms with Crippen LogP contribution in [0.5, 0.6) is 0 Å². The lowest BCUT2D eigenvalue weighted by atomic mass is 10.2. The topological polar surface area (TPSA) is 82.4 Å². The molecule has 0 amide bonds. The van der Waals surface area contributed by atoms with Crippen molar-refractivity contribution in [1.82, 2.24) is 20.3 Å². The predicted octanol–water partition coefficient (Wildman–Crippen LogP) is 2.03. The number of rotatable bonds is 3. The van der Waals surface area contributed by atoms with E-state index < -0.39 is 11.0 Å². The second-order valence-electron chi connectivity index (χ2n) is 7.64. The molecule has 1 saturated heterocycles. The molecule has 1 heterocycles. The summed E-state index contributed by atoms with van der Waals surface area (Å²) in [7, 11) is -1.13. The van der Waals surface area contributed by atoms with Crippen LogP contribution in [0.2, 0.25) is 0 Å². The van der Waals surface area contributed by atoms with Crippen LogP contribution >= 0.6 is 0 Å². The number of benzene rings is 2. The Morgan fingerprint density at radius 1 is 0.839 bits per heavy atom. The van der Waals surface area contributed by atoms with E-state index in [0.717, 1.165) is 75.7 Å². The predicted molar refractivity (Wildman–Crippen MR) is 131 cm³/mol. The molecule has 1 fully saturated rings. The molecular formula is C24H39N5OS. The summed E-state index contributed by atoms with van der Waals surface area (Å²) in [5.74, 6) is 0. The molecule has 1 aliphatic rings. The fraction of sp³-hybridized carbons (Fsp3) is 0.500. The quantitative estimate of drug-likeness (QED) is 0.581. The SMILES string of the molecule is Cc1ccccc1.NCc1cccc(S(=O)N2CCCNCCNCCCNCC2)c1. The van der Waals surface area contributed by atoms with Gasteiger partial charge in [0.15, 0.2) is 0 Å². The van der Waals surface area contributed by atoms with Gasteiger partial charge in [0, 0.05) is 39.3 Å². The average molecular weight is 446 g/mol. The second-order valence-corrected chi connectivity index (χ2v) is 9.13. The molecule has 5 N–H and O–H groups in total. The van der Waals surface area contributed by atoms with Crippen LogP contribution in [-0.4, -0.2) is 60.9 Å². The highest BCUT2D eigenvalue weighted by molar-refractivity contribution is 7.82. The molecule has 7 heteroatoms. The maximum Gasteiger partial charge on any atom is 0.127 e. The second kappa shape index (κ2) is 16.1. The van der Waals surface area contributed by atoms with Gasteiger partial charge < -0.3 is 21.7 Å². The number of hydrogen-bond acceptors (Lipinski definition) is 5. The van der Waals surface area contributed by atoms with Crippen LogP contribution in [-0.2, 0) is 17.5 Å². The maximum atomic E-state index is 12.9. The molecule has 0 spiro atoms. The first-order valence-corrected chi connectivity index (χ1v) is 12.4. The molecule has 1 unspecified atom stereocenters. The van der Waals surface area contributed by atoms with Crippen molar-refractivity contribution in [3.63, 3.8) is 0 Å². The lowest BCUT2D eigenvalue weighted by Gasteiger charge is -2.22. The molecule has 1 aliphatic heterocycles. The smallest absolute Gasteiger partial charge is 0.127 e. The Labute approximate surface area is 190 Å². The summed E-state index contributed by atoms with van der Waals surface area (Å²) in [6.45, 7) is 9.98. The standard InChI is InChI=1S/C17H31N5OS.C7H8/c18-15-16-4-1-5-17(14-16)24(23)22-12-3-8-20-10-9-19-6-2-7-21-11-13-22;1-7-5-3-2-4-6-7/h1,4-5,14,19-21H,2-3,6-13,15,18H2;2-6H,1H3. The Hall–Kier alpha value is -1.61. The molecule has 0 bridgehead atoms. The maximum absolute atomic E-state index is 12.9. The monoisotopic (exact) mass is 445 g/mol. The van der Waals surface area contributed by atoms with Gasteiger partial charge in [-0.2, -0.15) is 0 Å². The summed E-state index contributed by atoms with van der Waals surface area (Å²) in [6, 6.07) is 18.1. The van der Waals surface area contributed by atoms with Gasteiger partial charge in [0.1, 0.15) is 11.0 Å². The first kappa shape index (κ1) is 25.6. The van der Waals surface area contributed by atoms with Crippen LogP contribution in [0.4, 0.5) is 0 Å². The van der Waals surface area contributed by atoms with Gasteiger partial charge in [0.05, 0.1) is 4.90 Å². The van der Waals surface area contributed by atoms with Gasteiger partial charge in [-0.25, -0.2) is 8.51 Å². The summed E-state index contributed by atoms with van der Waals surface area (Å²) >= 11 is 0. The highest BCUT2D eigenvalue weighted by Crippen LogP contribution is 2.13. The first-order valence-electron chi connectivity index (χ1n) is 11.3. The number of hydrogen-bond donors (Lipinski definition) is 4. The van der Waals surface area contributed by atoms with E-state index in [1.165, 1.54) is 5.56 Å². The van der Waals surface area contributed by atoms with Gasteiger partial charge in [-0.3, -0.25) is 0 Å². The molecule has 172 valence electrons. The normalized spacial score (nSPS) is 18.3. The molecule has 3 rings (SSSR count). The van der Waals surface area contributed by atoms with E-state index >= 15 is 0 Å². The van der Waals surface area contributed by atoms with Gasteiger partial charge >= 0.3 is 0 Å². The summed E-state index contributed by atoms with van der Waals surface area (Å²) in [6.07, 6.45) is 2.10. The highest BCUT2D eigenvalue weighted by Gasteiger charge is 2.15. The third-order valence-electron chi connectivity index (χ3n) is 5.00. The van der Waals surface area contributed by atoms with Crippen LogP contribution in [0.25, 0.3) is 0 Å². The van der Waals surface area contributed by atoms with Crippen molar-refractivity contribution in [3.8, 4) is 0 Å². The number of aryl methyl sites for hydroxylation is 1. The van der Waals surface area contributed by atoms with Crippen LogP contribution in [0.3, 0.4) is 0 Å². The van der Waals surface area contributed by atoms with E-state index in [1.807, 2.05) is 42.5 Å². The molecule has 2 aromatic rings. The number of nitrogens with one attached hydrogen (secondary N) is 3. The van der Waals surface area contributed by atoms with Gasteiger partial charge in [-0.1, -0.05) is 48.0 Å². The zero-order chi connectivity index (χ0) is 22.2. The third-order valence-corrected chi connectivity index (χ3v) is 6.49. The average Bonchev–Trinajstić information content (AvgIpc) is 2.81. The summed E-state index contributed by atoms with van der Waals surface area (Å²) in [5, 5.41) is 10.3. The van der Waals surface area contributed by atoms with Crippen LogP contribution < -0.4 is 21.7 Å². The first-order chi connectivity index (χ1) is 15.2. The van der Waals surface area contributed by atoms with E-state index in [1.54, 1.807) is 0 Å². The van der Waals surface area contributed by atoms with Crippen molar-refractivity contribution in [1.29, 1.82) is 0 Å². The number of nitrogens with two attached hydrogens (primary N) is 1. The van der Waals surface area contributed by atoms with Crippen LogP contribution in [0.1, 0.15) is 24.0 Å². The number of nitrogens with zero attached hydrogens (tertiary/aromatic N) is 1. The summed E-state index contributed by atoms with van der Waals surface area (Å²) in [5.41, 5.74) is 8.05. The van der Waals surface area contributed by atoms with Crippen molar-refractivity contribution >= 4 is 11.0 Å². The minimum absolute atomic E-state index is 0.477. The Morgan fingerprint density at radius 3 is 2.16 bits per heavy atom. The van der Waals surface area contributed by atoms with E-state index in [4.69, 9.17) is 5.73 Å². The largest absolute Gasteiger partial charge is 0.326 e. The van der Waals surface area contributed by atoms with Crippen molar-refractivity contribution in [3.05, 3.63) is 65.7 Å². The van der Waals surface area contributed by atoms with Crippen LogP contribution in [0.15, 0.2) is 59.5 Å². The molecule has 1 atom stereocenters. The van der Waals surface area contributed by atoms with E-state index in [9.17, 15) is 4.21 Å². The fourth-order valence-electron chi connectivity index (χ4n) is 3.22. The van der Waals surface area contributed by atoms with Crippen molar-refractivity contribution < 1.29 is 4.21 Å². The molecule has 6 nitrogen and oxygen atoms in total. The van der Waals surface area contributed by atoms with Gasteiger partial charge in [-0.15, -0.1) is 0 Å². The third kappa shape index (κ3) is 11.0. The van der Waals surface area contributed by atoms with E-state index in [2.05, 4.69) is 39.3 Å². The molecule has 0 radical (unpaired) electrons. The minimum atomic E-state index is -1.13. The van der Waals surface area contributed by atoms with Crippen LogP contribution in [0, 0.1) is 6.92 Å². The Kier molecular flexibility index (Phi) is 13.3. The lowest BCUT2D eigenvalue weighted by Crippen LogP contribution is -2.37. The molecular weight excluding hydrogens is 406 g/mol. The zero-order valence-corrected chi connectivity index (χ0v) is 19.6. The Balaban J connectivity index is 0.000000412. The summed E-state index contributed by atoms with van der Waals surface area (Å²) < 4.78 is 15.0. The van der Waals surface area contributed by atoms with Crippen molar-refractivity contribution in [2.45, 2.75) is 31.2 Å². The van der Waals surface area contributed by atoms with E-state index in [-0.39, 0.29) is 0 Å². The van der Waals surface area contributed by atoms with Crippen molar-refractivity contribution in [2.75, 3.05) is 52.4 Å². The van der Waals surface area contributed by atoms with E-state index in [0.29, 0.717) is 6.54 Å². The molecule has 0 saturated carbocycles. The zero-order valence-electron chi connectivity index (χ0n) is 18.8.